The first-order valence-corrected chi connectivity index (χ1v) is 18.0. The smallest absolute Gasteiger partial charge is 0.334 e. The zero-order valence-corrected chi connectivity index (χ0v) is 32.2. The van der Waals surface area contributed by atoms with Gasteiger partial charge in [0.25, 0.3) is 0 Å². The van der Waals surface area contributed by atoms with E-state index in [1.54, 1.807) is 18.2 Å². The number of nitrogens with zero attached hydrogens (tertiary/aromatic N) is 3. The Labute approximate surface area is 318 Å². The lowest BCUT2D eigenvalue weighted by Crippen LogP contribution is -2.41. The number of carbonyl (C=O) groups is 4. The average Bonchev–Trinajstić information content (AvgIpc) is 3.91. The molecule has 5 heterocycles. The molecule has 5 aliphatic heterocycles. The number of aliphatic imine (C=N–C) groups is 3. The Balaban J connectivity index is 1.59. The van der Waals surface area contributed by atoms with E-state index < -0.39 is 41.1 Å². The fraction of sp³-hybridized carbons (Fsp3) is 0.357. The molecule has 0 spiro atoms. The highest BCUT2D eigenvalue weighted by molar-refractivity contribution is 6.25. The van der Waals surface area contributed by atoms with Gasteiger partial charge in [0.1, 0.15) is 17.6 Å². The van der Waals surface area contributed by atoms with Gasteiger partial charge in [0.15, 0.2) is 0 Å². The molecule has 1 unspecified atom stereocenters. The van der Waals surface area contributed by atoms with Crippen molar-refractivity contribution < 1.29 is 43.2 Å². The van der Waals surface area contributed by atoms with Crippen molar-refractivity contribution in [3.63, 3.8) is 0 Å². The molecule has 13 heteroatoms. The van der Waals surface area contributed by atoms with E-state index in [0.717, 1.165) is 11.1 Å². The Hall–Kier alpha value is -6.11. The van der Waals surface area contributed by atoms with Crippen LogP contribution >= 0.6 is 0 Å². The molecule has 0 saturated carbocycles. The lowest BCUT2D eigenvalue weighted by molar-refractivity contribution is -0.150. The molecule has 0 aromatic heterocycles. The van der Waals surface area contributed by atoms with Crippen LogP contribution in [-0.2, 0) is 38.1 Å². The predicted molar refractivity (Wildman–Crippen MR) is 203 cm³/mol. The van der Waals surface area contributed by atoms with Crippen LogP contribution in [0.3, 0.4) is 0 Å². The number of fused-ring (bicyclic) bond motifs is 8. The van der Waals surface area contributed by atoms with Crippen LogP contribution in [0.2, 0.25) is 0 Å². The summed E-state index contributed by atoms with van der Waals surface area (Å²) in [6, 6.07) is 0. The molecule has 55 heavy (non-hydrogen) atoms. The van der Waals surface area contributed by atoms with Crippen molar-refractivity contribution >= 4 is 41.0 Å². The first kappa shape index (κ1) is 37.2. The van der Waals surface area contributed by atoms with Crippen LogP contribution in [0.4, 0.5) is 0 Å². The number of methoxy groups -OCH3 is 4. The number of hydrogen-bond donors (Lipinski definition) is 2. The lowest BCUT2D eigenvalue weighted by atomic mass is 9.64. The highest BCUT2D eigenvalue weighted by Gasteiger charge is 2.56. The van der Waals surface area contributed by atoms with Gasteiger partial charge in [-0.3, -0.25) is 14.4 Å². The van der Waals surface area contributed by atoms with Crippen molar-refractivity contribution in [3.05, 3.63) is 115 Å². The van der Waals surface area contributed by atoms with Crippen molar-refractivity contribution in [1.29, 1.82) is 0 Å². The van der Waals surface area contributed by atoms with E-state index in [-0.39, 0.29) is 24.2 Å². The highest BCUT2D eigenvalue weighted by Crippen LogP contribution is 2.55. The molecule has 7 rings (SSSR count). The van der Waals surface area contributed by atoms with Crippen LogP contribution in [-0.4, -0.2) is 74.6 Å². The Morgan fingerprint density at radius 2 is 1.53 bits per heavy atom. The third-order valence-electron chi connectivity index (χ3n) is 11.6. The number of ether oxygens (including phenoxy) is 4. The molecule has 7 aliphatic rings. The fourth-order valence-electron chi connectivity index (χ4n) is 8.57. The summed E-state index contributed by atoms with van der Waals surface area (Å²) >= 11 is 0. The van der Waals surface area contributed by atoms with Crippen molar-refractivity contribution in [2.24, 2.45) is 32.2 Å². The first-order chi connectivity index (χ1) is 26.2. The van der Waals surface area contributed by atoms with E-state index >= 15 is 0 Å². The number of esters is 4. The monoisotopic (exact) mass is 746 g/mol. The van der Waals surface area contributed by atoms with Crippen LogP contribution < -0.4 is 5.32 Å². The molecule has 0 radical (unpaired) electrons. The topological polar surface area (TPSA) is 175 Å². The summed E-state index contributed by atoms with van der Waals surface area (Å²) in [6.07, 6.45) is 9.89. The summed E-state index contributed by atoms with van der Waals surface area (Å²) in [4.78, 5) is 68.3. The maximum atomic E-state index is 13.8. The number of nitrogens with one attached hydrogen (secondary N) is 1. The predicted octanol–water partition coefficient (Wildman–Crippen LogP) is 5.59. The van der Waals surface area contributed by atoms with Crippen LogP contribution in [0.1, 0.15) is 53.9 Å². The summed E-state index contributed by atoms with van der Waals surface area (Å²) in [7, 11) is 5.09. The van der Waals surface area contributed by atoms with Crippen LogP contribution in [0.15, 0.2) is 130 Å². The Kier molecular flexibility index (Phi) is 9.22. The van der Waals surface area contributed by atoms with E-state index in [9.17, 15) is 24.3 Å². The molecule has 0 aromatic carbocycles. The van der Waals surface area contributed by atoms with Crippen molar-refractivity contribution in [1.82, 2.24) is 5.32 Å². The largest absolute Gasteiger partial charge is 0.510 e. The SMILES string of the molecule is CCC1=C(C)C2=NC1=CC1=C(C)C3=C(O)C(C(=O)OC)C(=C4N=C(C=C5NC(=C2)C2=CC=C(C(=O)OC)[C@@H](C(=O)OC)[C@@]52C)C(C)=C4CCC(=O)OC)C3=N1. The average molecular weight is 747 g/mol. The van der Waals surface area contributed by atoms with Crippen molar-refractivity contribution in [2.75, 3.05) is 28.4 Å². The van der Waals surface area contributed by atoms with Gasteiger partial charge in [0.2, 0.25) is 0 Å². The lowest BCUT2D eigenvalue weighted by Gasteiger charge is -2.36. The first-order valence-electron chi connectivity index (χ1n) is 18.0. The van der Waals surface area contributed by atoms with Gasteiger partial charge in [0, 0.05) is 29.0 Å². The molecule has 284 valence electrons. The molecular formula is C42H42N4O9. The van der Waals surface area contributed by atoms with E-state index in [4.69, 9.17) is 33.9 Å². The van der Waals surface area contributed by atoms with Gasteiger partial charge in [-0.25, -0.2) is 19.8 Å². The Morgan fingerprint density at radius 1 is 0.836 bits per heavy atom. The number of carbonyl (C=O) groups excluding carboxylic acids is 4. The second kappa shape index (κ2) is 13.6. The Bertz CT molecular complexity index is 2350. The van der Waals surface area contributed by atoms with Gasteiger partial charge >= 0.3 is 23.9 Å². The van der Waals surface area contributed by atoms with Crippen molar-refractivity contribution in [2.45, 2.75) is 53.9 Å². The van der Waals surface area contributed by atoms with E-state index in [2.05, 4.69) is 5.32 Å². The highest BCUT2D eigenvalue weighted by atomic mass is 16.5. The molecule has 0 aromatic rings. The second-order valence-electron chi connectivity index (χ2n) is 14.2. The van der Waals surface area contributed by atoms with Gasteiger partial charge in [0.05, 0.1) is 73.7 Å². The number of rotatable bonds is 7. The summed E-state index contributed by atoms with van der Waals surface area (Å²) in [5, 5.41) is 15.4. The second-order valence-corrected chi connectivity index (χ2v) is 14.2. The molecule has 8 bridgehead atoms. The van der Waals surface area contributed by atoms with Crippen LogP contribution in [0, 0.1) is 17.3 Å². The Morgan fingerprint density at radius 3 is 2.18 bits per heavy atom. The molecule has 1 fully saturated rings. The molecular weight excluding hydrogens is 704 g/mol. The van der Waals surface area contributed by atoms with Gasteiger partial charge in [-0.2, -0.15) is 0 Å². The summed E-state index contributed by atoms with van der Waals surface area (Å²) in [5.74, 6) is -5.02. The minimum Gasteiger partial charge on any atom is -0.510 e. The zero-order valence-electron chi connectivity index (χ0n) is 32.2. The quantitative estimate of drug-likeness (QED) is 0.247. The number of aliphatic hydroxyl groups excluding tert-OH is 1. The zero-order chi connectivity index (χ0) is 39.7. The number of aliphatic hydroxyl groups is 1. The maximum absolute atomic E-state index is 13.8. The fourth-order valence-corrected chi connectivity index (χ4v) is 8.57. The number of hydrogen-bond acceptors (Lipinski definition) is 13. The van der Waals surface area contributed by atoms with Gasteiger partial charge in [-0.05, 0) is 92.2 Å². The molecule has 2 aliphatic carbocycles. The molecule has 3 atom stereocenters. The van der Waals surface area contributed by atoms with Crippen molar-refractivity contribution in [3.8, 4) is 0 Å². The summed E-state index contributed by atoms with van der Waals surface area (Å²) < 4.78 is 20.7. The van der Waals surface area contributed by atoms with Gasteiger partial charge in [-0.15, -0.1) is 0 Å². The minimum absolute atomic E-state index is 0.00855. The number of allylic oxidation sites excluding steroid dienone is 13. The normalized spacial score (nSPS) is 25.0. The minimum atomic E-state index is -1.24. The molecule has 1 saturated heterocycles. The van der Waals surface area contributed by atoms with Gasteiger partial charge < -0.3 is 29.4 Å². The third-order valence-corrected chi connectivity index (χ3v) is 11.6. The maximum Gasteiger partial charge on any atom is 0.334 e. The summed E-state index contributed by atoms with van der Waals surface area (Å²) in [5.41, 5.74) is 8.69. The van der Waals surface area contributed by atoms with E-state index in [0.29, 0.717) is 85.5 Å². The third kappa shape index (κ3) is 5.46. The summed E-state index contributed by atoms with van der Waals surface area (Å²) in [6.45, 7) is 9.61. The van der Waals surface area contributed by atoms with Crippen LogP contribution in [0.25, 0.3) is 0 Å². The van der Waals surface area contributed by atoms with Gasteiger partial charge in [-0.1, -0.05) is 19.1 Å². The molecule has 13 nitrogen and oxygen atoms in total. The van der Waals surface area contributed by atoms with Crippen LogP contribution in [0.5, 0.6) is 0 Å². The molecule has 2 N–H and O–H groups in total. The standard InChI is InChI=1S/C42H42N4O9/c1-10-21-18(2)25-16-29-24-13-11-23(39(49)53-7)35(41(51)55-9)42(24,5)30(44-29)17-27-19(3)22(12-14-31(47)52-6)36(45-27)33-34(40(50)54-8)38(48)32-20(4)26(46-37(32)33)15-28(21)43-25/h11,13,15-17,34-35,44,48H,10,12,14H2,1-9H3/t34?,35-,42+/m0/s1. The van der Waals surface area contributed by atoms with E-state index in [1.165, 1.54) is 28.4 Å². The molecule has 0 amide bonds. The van der Waals surface area contributed by atoms with E-state index in [1.807, 2.05) is 46.8 Å².